The maximum atomic E-state index is 14.3. The molecule has 1 atom stereocenters. The minimum atomic E-state index is -4.90. The van der Waals surface area contributed by atoms with E-state index in [1.807, 2.05) is 0 Å². The van der Waals surface area contributed by atoms with Gasteiger partial charge in [0.25, 0.3) is 5.91 Å². The second-order valence-corrected chi connectivity index (χ2v) is 11.0. The molecule has 4 rings (SSSR count). The number of carbonyl (C=O) groups excluding carboxylic acids is 1. The van der Waals surface area contributed by atoms with Crippen LogP contribution in [-0.4, -0.2) is 55.4 Å². The van der Waals surface area contributed by atoms with E-state index in [-0.39, 0.29) is 12.2 Å². The van der Waals surface area contributed by atoms with E-state index in [4.69, 9.17) is 25.9 Å². The van der Waals surface area contributed by atoms with Crippen LogP contribution in [0.4, 0.5) is 24.5 Å². The Morgan fingerprint density at radius 1 is 1.02 bits per heavy atom. The molecule has 1 unspecified atom stereocenters. The number of nitrogens with one attached hydrogen (secondary N) is 1. The average Bonchev–Trinajstić information content (AvgIpc) is 3.40. The van der Waals surface area contributed by atoms with Gasteiger partial charge in [0.05, 0.1) is 25.6 Å². The number of aliphatic carboxylic acids is 1. The minimum Gasteiger partial charge on any atom is -0.497 e. The third-order valence-corrected chi connectivity index (χ3v) is 7.24. The first-order valence-corrected chi connectivity index (χ1v) is 14.0. The Balaban J connectivity index is 1.76. The lowest BCUT2D eigenvalue weighted by molar-refractivity contribution is -0.274. The Bertz CT molecular complexity index is 1630. The second-order valence-electron chi connectivity index (χ2n) is 10.6. The fraction of sp³-hybridized carbons (Fsp3) is 0.323. The van der Waals surface area contributed by atoms with E-state index < -0.39 is 35.6 Å². The molecule has 3 aromatic rings. The number of halogens is 4. The quantitative estimate of drug-likeness (QED) is 0.176. The van der Waals surface area contributed by atoms with Crippen molar-refractivity contribution < 1.29 is 46.9 Å². The molecule has 0 saturated carbocycles. The number of alkyl halides is 3. The molecule has 1 aliphatic heterocycles. The number of nitrogens with zero attached hydrogens (tertiary/aromatic N) is 2. The van der Waals surface area contributed by atoms with Crippen molar-refractivity contribution in [1.82, 2.24) is 0 Å². The largest absolute Gasteiger partial charge is 0.573 e. The summed E-state index contributed by atoms with van der Waals surface area (Å²) in [5.74, 6) is -1.45. The van der Waals surface area contributed by atoms with E-state index >= 15 is 0 Å². The number of carboxylic acids is 1. The van der Waals surface area contributed by atoms with Crippen molar-refractivity contribution in [2.45, 2.75) is 45.2 Å². The Hall–Kier alpha value is -4.65. The fourth-order valence-electron chi connectivity index (χ4n) is 4.59. The number of carboxylic acid groups (broad SMARTS) is 1. The summed E-state index contributed by atoms with van der Waals surface area (Å²) in [4.78, 5) is 32.4. The zero-order chi connectivity index (χ0) is 33.1. The van der Waals surface area contributed by atoms with Crippen molar-refractivity contribution in [3.05, 3.63) is 76.3 Å². The number of carbonyl (C=O) groups is 2. The predicted molar refractivity (Wildman–Crippen MR) is 162 cm³/mol. The van der Waals surface area contributed by atoms with E-state index in [2.05, 4.69) is 15.2 Å². The Morgan fingerprint density at radius 2 is 1.76 bits per heavy atom. The van der Waals surface area contributed by atoms with Gasteiger partial charge in [-0.15, -0.1) is 13.2 Å². The van der Waals surface area contributed by atoms with Gasteiger partial charge in [-0.1, -0.05) is 28.9 Å². The first-order valence-electron chi connectivity index (χ1n) is 13.6. The van der Waals surface area contributed by atoms with E-state index in [9.17, 15) is 27.9 Å². The number of methoxy groups -OCH3 is 2. The summed E-state index contributed by atoms with van der Waals surface area (Å²) in [6, 6.07) is 12.5. The van der Waals surface area contributed by atoms with Crippen LogP contribution >= 0.6 is 11.6 Å². The van der Waals surface area contributed by atoms with Gasteiger partial charge in [0.2, 0.25) is 5.60 Å². The summed E-state index contributed by atoms with van der Waals surface area (Å²) >= 11 is 6.20. The summed E-state index contributed by atoms with van der Waals surface area (Å²) in [6.45, 7) is 4.54. The van der Waals surface area contributed by atoms with Crippen molar-refractivity contribution in [2.75, 3.05) is 31.0 Å². The van der Waals surface area contributed by atoms with E-state index in [1.165, 1.54) is 51.2 Å². The minimum absolute atomic E-state index is 0.212. The van der Waals surface area contributed by atoms with Gasteiger partial charge in [0, 0.05) is 40.5 Å². The van der Waals surface area contributed by atoms with Gasteiger partial charge in [-0.05, 0) is 63.1 Å². The van der Waals surface area contributed by atoms with Crippen LogP contribution in [0.3, 0.4) is 0 Å². The van der Waals surface area contributed by atoms with Gasteiger partial charge in [-0.2, -0.15) is 0 Å². The topological polar surface area (TPSA) is 119 Å². The molecule has 10 nitrogen and oxygen atoms in total. The number of amides is 1. The molecule has 3 aromatic carbocycles. The van der Waals surface area contributed by atoms with Crippen molar-refractivity contribution >= 4 is 40.6 Å². The second kappa shape index (κ2) is 13.1. The first-order chi connectivity index (χ1) is 21.1. The third-order valence-electron chi connectivity index (χ3n) is 7.00. The lowest BCUT2D eigenvalue weighted by Crippen LogP contribution is -2.37. The molecule has 0 aromatic heterocycles. The summed E-state index contributed by atoms with van der Waals surface area (Å²) in [5.41, 5.74) is 1.01. The van der Waals surface area contributed by atoms with Crippen LogP contribution in [0.25, 0.3) is 0 Å². The van der Waals surface area contributed by atoms with E-state index in [0.717, 1.165) is 0 Å². The lowest BCUT2D eigenvalue weighted by Gasteiger charge is -2.27. The van der Waals surface area contributed by atoms with Crippen LogP contribution in [0.5, 0.6) is 17.2 Å². The van der Waals surface area contributed by atoms with Crippen molar-refractivity contribution in [3.63, 3.8) is 0 Å². The molecule has 1 aliphatic rings. The summed E-state index contributed by atoms with van der Waals surface area (Å²) < 4.78 is 54.0. The molecule has 0 saturated heterocycles. The summed E-state index contributed by atoms with van der Waals surface area (Å²) in [6.07, 6.45) is -4.48. The molecule has 45 heavy (non-hydrogen) atoms. The van der Waals surface area contributed by atoms with Gasteiger partial charge >= 0.3 is 12.3 Å². The van der Waals surface area contributed by atoms with Gasteiger partial charge in [0.15, 0.2) is 0 Å². The molecule has 1 heterocycles. The molecule has 0 radical (unpaired) electrons. The molecule has 1 amide bonds. The fourth-order valence-corrected chi connectivity index (χ4v) is 4.75. The van der Waals surface area contributed by atoms with Gasteiger partial charge in [0.1, 0.15) is 23.3 Å². The number of fused-ring (bicyclic) bond motifs is 1. The molecular formula is C31H31ClF3N3O7. The Morgan fingerprint density at radius 3 is 2.40 bits per heavy atom. The third kappa shape index (κ3) is 7.90. The highest BCUT2D eigenvalue weighted by atomic mass is 35.5. The van der Waals surface area contributed by atoms with Crippen LogP contribution in [-0.2, 0) is 20.8 Å². The molecule has 0 aliphatic carbocycles. The van der Waals surface area contributed by atoms with Crippen LogP contribution in [0.1, 0.15) is 43.5 Å². The Kier molecular flexibility index (Phi) is 9.71. The standard InChI is InChI=1S/C31H31ClF3N3O7/c1-17(37-45-30(2,3)29(40)41)19-12-21(15-23(13-19)42-4)36-27(24-9-7-20(32)14-26(24)43-5)28(39)38-11-10-18-6-8-22(16-25(18)38)44-31(33,34)35/h6-9,12-16,27,36H,10-11H2,1-5H3,(H,40,41)/b37-17+. The highest BCUT2D eigenvalue weighted by Crippen LogP contribution is 2.38. The van der Waals surface area contributed by atoms with Gasteiger partial charge in [-0.25, -0.2) is 4.79 Å². The smallest absolute Gasteiger partial charge is 0.497 e. The highest BCUT2D eigenvalue weighted by Gasteiger charge is 2.36. The molecule has 240 valence electrons. The number of anilines is 2. The number of oxime groups is 1. The number of hydrogen-bond donors (Lipinski definition) is 2. The number of ether oxygens (including phenoxy) is 3. The number of rotatable bonds is 11. The summed E-state index contributed by atoms with van der Waals surface area (Å²) in [5, 5.41) is 16.9. The van der Waals surface area contributed by atoms with Crippen LogP contribution in [0, 0.1) is 0 Å². The van der Waals surface area contributed by atoms with Crippen molar-refractivity contribution in [1.29, 1.82) is 0 Å². The maximum absolute atomic E-state index is 14.3. The van der Waals surface area contributed by atoms with Crippen LogP contribution in [0.15, 0.2) is 59.8 Å². The average molecular weight is 650 g/mol. The SMILES string of the molecule is COc1cc(NC(C(=O)N2CCc3ccc(OC(F)(F)F)cc32)c2ccc(Cl)cc2OC)cc(/C(C)=N/OC(C)(C)C(=O)O)c1. The zero-order valence-electron chi connectivity index (χ0n) is 25.0. The van der Waals surface area contributed by atoms with Crippen LogP contribution in [0.2, 0.25) is 5.02 Å². The van der Waals surface area contributed by atoms with E-state index in [0.29, 0.717) is 51.0 Å². The Labute approximate surface area is 262 Å². The molecular weight excluding hydrogens is 619 g/mol. The molecule has 2 N–H and O–H groups in total. The van der Waals surface area contributed by atoms with Crippen molar-refractivity contribution in [2.24, 2.45) is 5.16 Å². The van der Waals surface area contributed by atoms with Crippen molar-refractivity contribution in [3.8, 4) is 17.2 Å². The lowest BCUT2D eigenvalue weighted by atomic mass is 10.0. The number of hydrogen-bond acceptors (Lipinski definition) is 8. The number of benzene rings is 3. The summed E-state index contributed by atoms with van der Waals surface area (Å²) in [7, 11) is 2.87. The zero-order valence-corrected chi connectivity index (χ0v) is 25.7. The normalized spacial score (nSPS) is 14.0. The first kappa shape index (κ1) is 33.2. The van der Waals surface area contributed by atoms with E-state index in [1.54, 1.807) is 43.3 Å². The van der Waals surface area contributed by atoms with Gasteiger partial charge in [-0.3, -0.25) is 4.79 Å². The predicted octanol–water partition coefficient (Wildman–Crippen LogP) is 6.60. The molecule has 14 heteroatoms. The van der Waals surface area contributed by atoms with Gasteiger partial charge < -0.3 is 34.4 Å². The monoisotopic (exact) mass is 649 g/mol. The van der Waals surface area contributed by atoms with Crippen LogP contribution < -0.4 is 24.4 Å². The highest BCUT2D eigenvalue weighted by molar-refractivity contribution is 6.30. The maximum Gasteiger partial charge on any atom is 0.573 e. The molecule has 0 spiro atoms. The molecule has 0 bridgehead atoms. The molecule has 0 fully saturated rings.